The lowest BCUT2D eigenvalue weighted by Gasteiger charge is -2.38. The number of hydrogen-bond acceptors (Lipinski definition) is 8. The average Bonchev–Trinajstić information content (AvgIpc) is 3.54. The van der Waals surface area contributed by atoms with Gasteiger partial charge < -0.3 is 13.9 Å². The number of sulfonamides is 1. The first-order chi connectivity index (χ1) is 17.4. The predicted molar refractivity (Wildman–Crippen MR) is 149 cm³/mol. The second-order valence-corrected chi connectivity index (χ2v) is 18.0. The van der Waals surface area contributed by atoms with E-state index in [2.05, 4.69) is 43.2 Å². The van der Waals surface area contributed by atoms with E-state index in [1.807, 2.05) is 6.07 Å². The molecule has 11 heteroatoms. The normalized spacial score (nSPS) is 13.8. The van der Waals surface area contributed by atoms with Crippen LogP contribution in [-0.2, 0) is 29.4 Å². The molecule has 0 saturated heterocycles. The summed E-state index contributed by atoms with van der Waals surface area (Å²) in [5, 5.41) is 0.182. The molecule has 37 heavy (non-hydrogen) atoms. The highest BCUT2D eigenvalue weighted by atomic mass is 32.2. The van der Waals surface area contributed by atoms with E-state index >= 15 is 0 Å². The van der Waals surface area contributed by atoms with Gasteiger partial charge in [-0.15, -0.1) is 0 Å². The van der Waals surface area contributed by atoms with E-state index in [1.54, 1.807) is 38.5 Å². The lowest BCUT2D eigenvalue weighted by Crippen LogP contribution is -2.44. The molecule has 1 aliphatic carbocycles. The van der Waals surface area contributed by atoms with Gasteiger partial charge in [0.1, 0.15) is 28.5 Å². The van der Waals surface area contributed by atoms with E-state index in [0.717, 1.165) is 41.9 Å². The smallest absolute Gasteiger partial charge is 0.270 e. The number of ether oxygens (including phenoxy) is 2. The molecule has 0 bridgehead atoms. The van der Waals surface area contributed by atoms with Gasteiger partial charge in [-0.2, -0.15) is 4.37 Å². The number of methoxy groups -OCH3 is 2. The highest BCUT2D eigenvalue weighted by Gasteiger charge is 2.42. The quantitative estimate of drug-likeness (QED) is 0.304. The van der Waals surface area contributed by atoms with Crippen LogP contribution in [0.5, 0.6) is 17.2 Å². The van der Waals surface area contributed by atoms with Crippen molar-refractivity contribution in [2.45, 2.75) is 69.6 Å². The van der Waals surface area contributed by atoms with Crippen LogP contribution >= 0.6 is 11.5 Å². The Labute approximate surface area is 225 Å². The zero-order chi connectivity index (χ0) is 27.0. The van der Waals surface area contributed by atoms with Crippen LogP contribution in [0.15, 0.2) is 41.6 Å². The van der Waals surface area contributed by atoms with E-state index in [0.29, 0.717) is 22.8 Å². The van der Waals surface area contributed by atoms with Gasteiger partial charge in [-0.05, 0) is 66.7 Å². The summed E-state index contributed by atoms with van der Waals surface area (Å²) in [6.45, 7) is 10.8. The predicted octanol–water partition coefficient (Wildman–Crippen LogP) is 5.82. The highest BCUT2D eigenvalue weighted by Crippen LogP contribution is 2.44. The average molecular weight is 562 g/mol. The van der Waals surface area contributed by atoms with Crippen LogP contribution in [-0.4, -0.2) is 40.3 Å². The largest absolute Gasteiger partial charge is 0.542 e. The summed E-state index contributed by atoms with van der Waals surface area (Å²) < 4.78 is 51.9. The molecule has 0 atom stereocenters. The molecule has 2 aromatic carbocycles. The maximum Gasteiger partial charge on any atom is 0.270 e. The van der Waals surface area contributed by atoms with Gasteiger partial charge in [0.25, 0.3) is 18.3 Å². The first kappa shape index (κ1) is 27.4. The van der Waals surface area contributed by atoms with Crippen molar-refractivity contribution in [1.82, 2.24) is 9.36 Å². The van der Waals surface area contributed by atoms with Gasteiger partial charge in [0.15, 0.2) is 0 Å². The molecule has 0 unspecified atom stereocenters. The van der Waals surface area contributed by atoms with Crippen molar-refractivity contribution < 1.29 is 22.3 Å². The summed E-state index contributed by atoms with van der Waals surface area (Å²) in [6, 6.07) is 8.95. The number of aryl methyl sites for hydroxylation is 1. The zero-order valence-electron chi connectivity index (χ0n) is 22.5. The van der Waals surface area contributed by atoms with E-state index in [4.69, 9.17) is 13.9 Å². The van der Waals surface area contributed by atoms with Crippen LogP contribution in [0.25, 0.3) is 0 Å². The van der Waals surface area contributed by atoms with E-state index in [9.17, 15) is 8.42 Å². The molecule has 0 saturated carbocycles. The Balaban J connectivity index is 1.86. The Morgan fingerprint density at radius 3 is 2.46 bits per heavy atom. The van der Waals surface area contributed by atoms with Gasteiger partial charge in [0, 0.05) is 23.2 Å². The Morgan fingerprint density at radius 1 is 1.08 bits per heavy atom. The van der Waals surface area contributed by atoms with Gasteiger partial charge in [-0.3, -0.25) is 0 Å². The van der Waals surface area contributed by atoms with E-state index < -0.39 is 18.3 Å². The van der Waals surface area contributed by atoms with Crippen molar-refractivity contribution >= 4 is 35.0 Å². The van der Waals surface area contributed by atoms with Crippen molar-refractivity contribution in [3.8, 4) is 17.2 Å². The van der Waals surface area contributed by atoms with Gasteiger partial charge in [0.2, 0.25) is 5.13 Å². The monoisotopic (exact) mass is 561 g/mol. The standard InChI is InChI=1S/C26H35N3O5S2Si/c1-26(2,3)37(6,7)34-24-21-10-8-9-18(21)12-14-23(24)36(30,31)29(25-27-17-28-35-25)16-19-11-13-20(32-4)15-22(19)33-5/h11-15,17H,8-10,16H2,1-7H3. The molecule has 200 valence electrons. The molecule has 0 radical (unpaired) electrons. The van der Waals surface area contributed by atoms with Crippen molar-refractivity contribution in [3.63, 3.8) is 0 Å². The van der Waals surface area contributed by atoms with Crippen LogP contribution in [0.4, 0.5) is 5.13 Å². The van der Waals surface area contributed by atoms with E-state index in [1.165, 1.54) is 10.6 Å². The number of hydrogen-bond donors (Lipinski definition) is 0. The Bertz CT molecular complexity index is 1370. The van der Waals surface area contributed by atoms with Crippen molar-refractivity contribution in [2.24, 2.45) is 0 Å². The third-order valence-corrected chi connectivity index (χ3v) is 14.2. The van der Waals surface area contributed by atoms with Crippen LogP contribution in [0.1, 0.15) is 43.9 Å². The summed E-state index contributed by atoms with van der Waals surface area (Å²) in [7, 11) is -3.30. The molecule has 0 aliphatic heterocycles. The fraction of sp³-hybridized carbons (Fsp3) is 0.462. The lowest BCUT2D eigenvalue weighted by atomic mass is 10.1. The summed E-state index contributed by atoms with van der Waals surface area (Å²) in [5.74, 6) is 1.64. The minimum atomic E-state index is -4.08. The number of anilines is 1. The number of fused-ring (bicyclic) bond motifs is 1. The van der Waals surface area contributed by atoms with Gasteiger partial charge in [-0.1, -0.05) is 26.8 Å². The Morgan fingerprint density at radius 2 is 1.84 bits per heavy atom. The van der Waals surface area contributed by atoms with Gasteiger partial charge in [-0.25, -0.2) is 17.7 Å². The first-order valence-corrected chi connectivity index (χ1v) is 17.4. The molecule has 1 heterocycles. The first-order valence-electron chi connectivity index (χ1n) is 12.2. The highest BCUT2D eigenvalue weighted by molar-refractivity contribution is 7.93. The molecule has 0 N–H and O–H groups in total. The fourth-order valence-electron chi connectivity index (χ4n) is 4.12. The van der Waals surface area contributed by atoms with Crippen molar-refractivity contribution in [3.05, 3.63) is 53.3 Å². The minimum absolute atomic E-state index is 0.0152. The molecule has 1 aromatic heterocycles. The summed E-state index contributed by atoms with van der Waals surface area (Å²) >= 11 is 1.03. The second kappa shape index (κ2) is 10.3. The molecule has 4 rings (SSSR count). The van der Waals surface area contributed by atoms with Crippen LogP contribution in [0, 0.1) is 0 Å². The molecule has 8 nitrogen and oxygen atoms in total. The zero-order valence-corrected chi connectivity index (χ0v) is 25.1. The third kappa shape index (κ3) is 5.35. The molecular formula is C26H35N3O5S2Si. The second-order valence-electron chi connectivity index (χ2n) is 10.7. The Kier molecular flexibility index (Phi) is 7.60. The number of aromatic nitrogens is 2. The molecule has 0 amide bonds. The summed E-state index contributed by atoms with van der Waals surface area (Å²) in [4.78, 5) is 4.43. The third-order valence-electron chi connectivity index (χ3n) is 7.30. The maximum atomic E-state index is 14.4. The minimum Gasteiger partial charge on any atom is -0.542 e. The number of benzene rings is 2. The summed E-state index contributed by atoms with van der Waals surface area (Å²) in [5.41, 5.74) is 2.84. The SMILES string of the molecule is COc1ccc(CN(c2ncns2)S(=O)(=O)c2ccc3c(c2O[Si](C)(C)C(C)(C)C)CCC3)c(OC)c1. The summed E-state index contributed by atoms with van der Waals surface area (Å²) in [6.07, 6.45) is 4.07. The van der Waals surface area contributed by atoms with Crippen molar-refractivity contribution in [2.75, 3.05) is 18.5 Å². The fourth-order valence-corrected chi connectivity index (χ4v) is 7.52. The molecule has 0 spiro atoms. The van der Waals surface area contributed by atoms with E-state index in [-0.39, 0.29) is 21.6 Å². The molecular weight excluding hydrogens is 527 g/mol. The Hall–Kier alpha value is -2.63. The van der Waals surface area contributed by atoms with Crippen LogP contribution in [0.2, 0.25) is 18.1 Å². The topological polar surface area (TPSA) is 90.9 Å². The number of rotatable bonds is 9. The maximum absolute atomic E-state index is 14.4. The van der Waals surface area contributed by atoms with Gasteiger partial charge >= 0.3 is 0 Å². The molecule has 1 aliphatic rings. The van der Waals surface area contributed by atoms with Crippen LogP contribution < -0.4 is 18.2 Å². The van der Waals surface area contributed by atoms with Crippen LogP contribution in [0.3, 0.4) is 0 Å². The number of nitrogens with zero attached hydrogens (tertiary/aromatic N) is 3. The molecule has 0 fully saturated rings. The van der Waals surface area contributed by atoms with Gasteiger partial charge in [0.05, 0.1) is 20.8 Å². The lowest BCUT2D eigenvalue weighted by molar-refractivity contribution is 0.391. The molecule has 3 aromatic rings. The van der Waals surface area contributed by atoms with Crippen molar-refractivity contribution in [1.29, 1.82) is 0 Å².